The highest BCUT2D eigenvalue weighted by Gasteiger charge is 2.32. The molecule has 0 radical (unpaired) electrons. The maximum Gasteiger partial charge on any atom is 0.122 e. The minimum atomic E-state index is 0.689. The predicted octanol–water partition coefficient (Wildman–Crippen LogP) is 1.77. The van der Waals surface area contributed by atoms with Crippen LogP contribution in [-0.2, 0) is 12.8 Å². The lowest BCUT2D eigenvalue weighted by molar-refractivity contribution is 0.381. The molecular weight excluding hydrogens is 186 g/mol. The van der Waals surface area contributed by atoms with Crippen molar-refractivity contribution in [3.63, 3.8) is 0 Å². The number of benzene rings is 1. The van der Waals surface area contributed by atoms with Gasteiger partial charge in [-0.1, -0.05) is 12.1 Å². The number of rotatable bonds is 1. The quantitative estimate of drug-likeness (QED) is 0.751. The van der Waals surface area contributed by atoms with Gasteiger partial charge in [-0.3, -0.25) is 0 Å². The summed E-state index contributed by atoms with van der Waals surface area (Å²) in [6, 6.07) is 7.13. The van der Waals surface area contributed by atoms with Crippen LogP contribution in [0.3, 0.4) is 0 Å². The van der Waals surface area contributed by atoms with Gasteiger partial charge in [-0.2, -0.15) is 0 Å². The van der Waals surface area contributed by atoms with Gasteiger partial charge >= 0.3 is 0 Å². The van der Waals surface area contributed by atoms with Crippen molar-refractivity contribution >= 4 is 0 Å². The summed E-state index contributed by atoms with van der Waals surface area (Å²) in [4.78, 5) is 0. The third-order valence-electron chi connectivity index (χ3n) is 3.85. The fourth-order valence-corrected chi connectivity index (χ4v) is 3.03. The molecule has 0 amide bonds. The van der Waals surface area contributed by atoms with E-state index in [2.05, 4.69) is 23.5 Å². The molecule has 2 atom stereocenters. The van der Waals surface area contributed by atoms with Crippen LogP contribution in [0.1, 0.15) is 17.5 Å². The van der Waals surface area contributed by atoms with Crippen LogP contribution in [0.25, 0.3) is 0 Å². The fraction of sp³-hybridized carbons (Fsp3) is 0.538. The first-order valence-corrected chi connectivity index (χ1v) is 5.76. The average molecular weight is 203 g/mol. The lowest BCUT2D eigenvalue weighted by Crippen LogP contribution is -2.34. The van der Waals surface area contributed by atoms with E-state index in [0.29, 0.717) is 6.04 Å². The van der Waals surface area contributed by atoms with E-state index >= 15 is 0 Å². The second kappa shape index (κ2) is 3.53. The molecule has 1 aromatic rings. The highest BCUT2D eigenvalue weighted by atomic mass is 16.5. The fourth-order valence-electron chi connectivity index (χ4n) is 3.03. The molecule has 2 aliphatic rings. The molecule has 1 saturated heterocycles. The van der Waals surface area contributed by atoms with E-state index in [9.17, 15) is 0 Å². The van der Waals surface area contributed by atoms with E-state index in [1.807, 2.05) is 0 Å². The highest BCUT2D eigenvalue weighted by molar-refractivity contribution is 5.43. The summed E-state index contributed by atoms with van der Waals surface area (Å²) in [6.45, 7) is 1.19. The van der Waals surface area contributed by atoms with Gasteiger partial charge in [0.1, 0.15) is 5.75 Å². The SMILES string of the molecule is COc1cccc2c1CC1NCCC1C2. The Bertz CT molecular complexity index is 375. The van der Waals surface area contributed by atoms with Gasteiger partial charge in [-0.25, -0.2) is 0 Å². The van der Waals surface area contributed by atoms with E-state index in [4.69, 9.17) is 4.74 Å². The molecule has 0 saturated carbocycles. The zero-order chi connectivity index (χ0) is 10.3. The largest absolute Gasteiger partial charge is 0.496 e. The van der Waals surface area contributed by atoms with Gasteiger partial charge in [0.15, 0.2) is 0 Å². The molecule has 2 nitrogen and oxygen atoms in total. The summed E-state index contributed by atoms with van der Waals surface area (Å²) in [7, 11) is 1.77. The smallest absolute Gasteiger partial charge is 0.122 e. The molecule has 1 aliphatic heterocycles. The predicted molar refractivity (Wildman–Crippen MR) is 60.3 cm³/mol. The summed E-state index contributed by atoms with van der Waals surface area (Å²) in [5.41, 5.74) is 2.93. The first-order valence-electron chi connectivity index (χ1n) is 5.76. The van der Waals surface area contributed by atoms with Crippen LogP contribution >= 0.6 is 0 Å². The summed E-state index contributed by atoms with van der Waals surface area (Å²) in [5, 5.41) is 3.60. The standard InChI is InChI=1S/C13H17NO/c1-15-13-4-2-3-9-7-10-5-6-14-12(10)8-11(9)13/h2-4,10,12,14H,5-8H2,1H3. The van der Waals surface area contributed by atoms with E-state index in [1.54, 1.807) is 7.11 Å². The second-order valence-corrected chi connectivity index (χ2v) is 4.62. The molecule has 15 heavy (non-hydrogen) atoms. The van der Waals surface area contributed by atoms with Crippen molar-refractivity contribution in [2.75, 3.05) is 13.7 Å². The van der Waals surface area contributed by atoms with Crippen molar-refractivity contribution in [1.82, 2.24) is 5.32 Å². The Morgan fingerprint density at radius 1 is 1.33 bits per heavy atom. The Kier molecular flexibility index (Phi) is 2.17. The van der Waals surface area contributed by atoms with Crippen molar-refractivity contribution < 1.29 is 4.74 Å². The van der Waals surface area contributed by atoms with Crippen LogP contribution in [0.5, 0.6) is 5.75 Å². The number of methoxy groups -OCH3 is 1. The van der Waals surface area contributed by atoms with Gasteiger partial charge < -0.3 is 10.1 Å². The Hall–Kier alpha value is -1.02. The van der Waals surface area contributed by atoms with Crippen LogP contribution in [0.4, 0.5) is 0 Å². The molecule has 2 unspecified atom stereocenters. The minimum Gasteiger partial charge on any atom is -0.496 e. The molecule has 1 heterocycles. The van der Waals surface area contributed by atoms with E-state index in [1.165, 1.54) is 30.5 Å². The van der Waals surface area contributed by atoms with Crippen molar-refractivity contribution in [2.24, 2.45) is 5.92 Å². The molecule has 2 heteroatoms. The third-order valence-corrected chi connectivity index (χ3v) is 3.85. The number of ether oxygens (including phenoxy) is 1. The van der Waals surface area contributed by atoms with Gasteiger partial charge in [0.25, 0.3) is 0 Å². The summed E-state index contributed by atoms with van der Waals surface area (Å²) >= 11 is 0. The van der Waals surface area contributed by atoms with E-state index in [-0.39, 0.29) is 0 Å². The maximum absolute atomic E-state index is 5.43. The van der Waals surface area contributed by atoms with E-state index < -0.39 is 0 Å². The molecule has 3 rings (SSSR count). The molecule has 0 aromatic heterocycles. The van der Waals surface area contributed by atoms with Gasteiger partial charge in [0.2, 0.25) is 0 Å². The van der Waals surface area contributed by atoms with Crippen molar-refractivity contribution in [3.8, 4) is 5.75 Å². The van der Waals surface area contributed by atoms with E-state index in [0.717, 1.165) is 18.1 Å². The number of hydrogen-bond donors (Lipinski definition) is 1. The van der Waals surface area contributed by atoms with Crippen LogP contribution in [-0.4, -0.2) is 19.7 Å². The van der Waals surface area contributed by atoms with Crippen LogP contribution in [0, 0.1) is 5.92 Å². The molecule has 0 bridgehead atoms. The number of fused-ring (bicyclic) bond motifs is 2. The first-order chi connectivity index (χ1) is 7.38. The van der Waals surface area contributed by atoms with Gasteiger partial charge in [0.05, 0.1) is 7.11 Å². The van der Waals surface area contributed by atoms with Gasteiger partial charge in [-0.05, 0) is 48.9 Å². The zero-order valence-electron chi connectivity index (χ0n) is 9.12. The normalized spacial score (nSPS) is 28.3. The zero-order valence-corrected chi connectivity index (χ0v) is 9.12. The average Bonchev–Trinajstić information content (AvgIpc) is 2.72. The van der Waals surface area contributed by atoms with Crippen molar-refractivity contribution in [3.05, 3.63) is 29.3 Å². The molecule has 80 valence electrons. The molecule has 0 spiro atoms. The van der Waals surface area contributed by atoms with Crippen molar-refractivity contribution in [1.29, 1.82) is 0 Å². The summed E-state index contributed by atoms with van der Waals surface area (Å²) in [5.74, 6) is 1.92. The lowest BCUT2D eigenvalue weighted by atomic mass is 9.80. The first kappa shape index (κ1) is 9.22. The Balaban J connectivity index is 1.99. The van der Waals surface area contributed by atoms with Crippen LogP contribution in [0.2, 0.25) is 0 Å². The molecule has 1 aliphatic carbocycles. The molecule has 1 N–H and O–H groups in total. The monoisotopic (exact) mass is 203 g/mol. The second-order valence-electron chi connectivity index (χ2n) is 4.62. The Morgan fingerprint density at radius 2 is 2.27 bits per heavy atom. The highest BCUT2D eigenvalue weighted by Crippen LogP contribution is 2.35. The lowest BCUT2D eigenvalue weighted by Gasteiger charge is -2.28. The van der Waals surface area contributed by atoms with Gasteiger partial charge in [-0.15, -0.1) is 0 Å². The third kappa shape index (κ3) is 1.44. The van der Waals surface area contributed by atoms with Crippen molar-refractivity contribution in [2.45, 2.75) is 25.3 Å². The maximum atomic E-state index is 5.43. The molecule has 1 aromatic carbocycles. The molecule has 1 fully saturated rings. The van der Waals surface area contributed by atoms with Gasteiger partial charge in [0, 0.05) is 6.04 Å². The minimum absolute atomic E-state index is 0.689. The Labute approximate surface area is 90.6 Å². The summed E-state index contributed by atoms with van der Waals surface area (Å²) < 4.78 is 5.43. The summed E-state index contributed by atoms with van der Waals surface area (Å²) in [6.07, 6.45) is 3.70. The number of hydrogen-bond acceptors (Lipinski definition) is 2. The van der Waals surface area contributed by atoms with Crippen LogP contribution < -0.4 is 10.1 Å². The number of nitrogens with one attached hydrogen (secondary N) is 1. The Morgan fingerprint density at radius 3 is 3.13 bits per heavy atom. The van der Waals surface area contributed by atoms with Crippen LogP contribution in [0.15, 0.2) is 18.2 Å². The topological polar surface area (TPSA) is 21.3 Å². The molecular formula is C13H17NO.